The first-order valence-corrected chi connectivity index (χ1v) is 9.70. The lowest BCUT2D eigenvalue weighted by Crippen LogP contribution is -2.46. The van der Waals surface area contributed by atoms with Gasteiger partial charge in [-0.3, -0.25) is 14.4 Å². The van der Waals surface area contributed by atoms with Crippen LogP contribution in [0.2, 0.25) is 5.02 Å². The molecule has 0 unspecified atom stereocenters. The van der Waals surface area contributed by atoms with E-state index < -0.39 is 0 Å². The van der Waals surface area contributed by atoms with Crippen molar-refractivity contribution >= 4 is 17.3 Å². The average Bonchev–Trinajstić information content (AvgIpc) is 2.92. The zero-order valence-corrected chi connectivity index (χ0v) is 16.5. The van der Waals surface area contributed by atoms with E-state index in [2.05, 4.69) is 9.80 Å². The molecule has 1 aliphatic rings. The average molecular weight is 399 g/mol. The molecule has 1 N–H and O–H groups in total. The van der Waals surface area contributed by atoms with E-state index in [1.165, 1.54) is 0 Å². The molecule has 0 amide bonds. The molecule has 0 aliphatic carbocycles. The third-order valence-corrected chi connectivity index (χ3v) is 5.65. The zero-order valence-electron chi connectivity index (χ0n) is 15.8. The van der Waals surface area contributed by atoms with Crippen LogP contribution in [0.15, 0.2) is 59.4 Å². The molecule has 1 fully saturated rings. The molecule has 0 bridgehead atoms. The number of phenolic OH excluding ortho intramolecular Hbond substituents is 1. The van der Waals surface area contributed by atoms with Crippen molar-refractivity contribution in [3.05, 3.63) is 75.7 Å². The van der Waals surface area contributed by atoms with E-state index in [9.17, 15) is 9.90 Å². The summed E-state index contributed by atoms with van der Waals surface area (Å²) in [6, 6.07) is 16.9. The molecule has 0 radical (unpaired) electrons. The fourth-order valence-corrected chi connectivity index (χ4v) is 3.97. The Kier molecular flexibility index (Phi) is 5.15. The van der Waals surface area contributed by atoms with Crippen LogP contribution in [-0.2, 0) is 13.6 Å². The molecule has 1 aliphatic heterocycles. The fourth-order valence-electron chi connectivity index (χ4n) is 3.71. The molecule has 4 rings (SSSR count). The van der Waals surface area contributed by atoms with Crippen LogP contribution < -0.4 is 10.5 Å². The molecular formula is C21H23ClN4O2. The van der Waals surface area contributed by atoms with Crippen molar-refractivity contribution in [2.24, 2.45) is 7.05 Å². The lowest BCUT2D eigenvalue weighted by atomic mass is 10.2. The lowest BCUT2D eigenvalue weighted by molar-refractivity contribution is 0.243. The number of anilines is 1. The quantitative estimate of drug-likeness (QED) is 0.734. The third kappa shape index (κ3) is 3.53. The molecule has 1 aromatic heterocycles. The smallest absolute Gasteiger partial charge is 0.290 e. The van der Waals surface area contributed by atoms with E-state index >= 15 is 0 Å². The number of phenols is 1. The van der Waals surface area contributed by atoms with Crippen molar-refractivity contribution in [3.8, 4) is 11.4 Å². The fraction of sp³-hybridized carbons (Fsp3) is 0.286. The Morgan fingerprint density at radius 1 is 0.964 bits per heavy atom. The summed E-state index contributed by atoms with van der Waals surface area (Å²) in [4.78, 5) is 17.2. The Morgan fingerprint density at radius 3 is 2.32 bits per heavy atom. The number of hydrogen-bond acceptors (Lipinski definition) is 4. The molecule has 0 spiro atoms. The van der Waals surface area contributed by atoms with E-state index in [1.54, 1.807) is 16.8 Å². The number of halogens is 1. The first-order chi connectivity index (χ1) is 13.5. The van der Waals surface area contributed by atoms with Crippen LogP contribution in [0.3, 0.4) is 0 Å². The number of aromatic hydroxyl groups is 1. The number of piperazine rings is 1. The SMILES string of the molecule is Cn1c(CN2CCN(c3cccc(O)c3)CC2)c(Cl)c(=O)n1-c1ccccc1. The van der Waals surface area contributed by atoms with Crippen LogP contribution in [0.5, 0.6) is 5.75 Å². The second kappa shape index (κ2) is 7.73. The summed E-state index contributed by atoms with van der Waals surface area (Å²) < 4.78 is 3.46. The van der Waals surface area contributed by atoms with E-state index in [-0.39, 0.29) is 16.3 Å². The maximum atomic E-state index is 12.7. The molecule has 0 atom stereocenters. The number of benzene rings is 2. The minimum absolute atomic E-state index is 0.191. The lowest BCUT2D eigenvalue weighted by Gasteiger charge is -2.36. The molecule has 3 aromatic rings. The summed E-state index contributed by atoms with van der Waals surface area (Å²) in [5, 5.41) is 9.97. The highest BCUT2D eigenvalue weighted by atomic mass is 35.5. The first-order valence-electron chi connectivity index (χ1n) is 9.33. The molecule has 1 saturated heterocycles. The molecule has 0 saturated carbocycles. The summed E-state index contributed by atoms with van der Waals surface area (Å²) in [5.74, 6) is 0.281. The van der Waals surface area contributed by atoms with Crippen molar-refractivity contribution in [1.29, 1.82) is 0 Å². The Bertz CT molecular complexity index is 1020. The number of aromatic nitrogens is 2. The summed E-state index contributed by atoms with van der Waals surface area (Å²) in [6.07, 6.45) is 0. The van der Waals surface area contributed by atoms with Crippen LogP contribution in [-0.4, -0.2) is 45.5 Å². The maximum absolute atomic E-state index is 12.7. The van der Waals surface area contributed by atoms with Crippen LogP contribution in [0.4, 0.5) is 5.69 Å². The maximum Gasteiger partial charge on any atom is 0.290 e. The largest absolute Gasteiger partial charge is 0.508 e. The minimum atomic E-state index is -0.191. The molecule has 7 heteroatoms. The number of nitrogens with zero attached hydrogens (tertiary/aromatic N) is 4. The minimum Gasteiger partial charge on any atom is -0.508 e. The van der Waals surface area contributed by atoms with Crippen molar-refractivity contribution < 1.29 is 5.11 Å². The van der Waals surface area contributed by atoms with Gasteiger partial charge >= 0.3 is 0 Å². The van der Waals surface area contributed by atoms with Crippen LogP contribution >= 0.6 is 11.6 Å². The standard InChI is InChI=1S/C21H23ClN4O2/c1-23-19(20(22)21(28)26(23)16-6-3-2-4-7-16)15-24-10-12-25(13-11-24)17-8-5-9-18(27)14-17/h2-9,14,27H,10-13,15H2,1H3. The molecule has 2 heterocycles. The Hall–Kier alpha value is -2.70. The van der Waals surface area contributed by atoms with Gasteiger partial charge in [0.1, 0.15) is 10.8 Å². The highest BCUT2D eigenvalue weighted by Gasteiger charge is 2.23. The topological polar surface area (TPSA) is 53.6 Å². The van der Waals surface area contributed by atoms with Gasteiger partial charge in [0.2, 0.25) is 0 Å². The van der Waals surface area contributed by atoms with Gasteiger partial charge in [0.15, 0.2) is 0 Å². The second-order valence-electron chi connectivity index (χ2n) is 7.02. The van der Waals surface area contributed by atoms with Crippen molar-refractivity contribution in [3.63, 3.8) is 0 Å². The van der Waals surface area contributed by atoms with Crippen LogP contribution in [0, 0.1) is 0 Å². The third-order valence-electron chi connectivity index (χ3n) is 5.27. The molecule has 146 valence electrons. The molecule has 6 nitrogen and oxygen atoms in total. The van der Waals surface area contributed by atoms with E-state index in [0.29, 0.717) is 6.54 Å². The van der Waals surface area contributed by atoms with Gasteiger partial charge in [0.05, 0.1) is 11.4 Å². The number of hydrogen-bond donors (Lipinski definition) is 1. The highest BCUT2D eigenvalue weighted by Crippen LogP contribution is 2.23. The normalized spacial score (nSPS) is 15.1. The first kappa shape index (κ1) is 18.7. The van der Waals surface area contributed by atoms with Crippen molar-refractivity contribution in [2.75, 3.05) is 31.1 Å². The summed E-state index contributed by atoms with van der Waals surface area (Å²) in [6.45, 7) is 4.05. The predicted octanol–water partition coefficient (Wildman–Crippen LogP) is 2.86. The summed E-state index contributed by atoms with van der Waals surface area (Å²) in [7, 11) is 1.87. The van der Waals surface area contributed by atoms with Gasteiger partial charge in [0.25, 0.3) is 5.56 Å². The molecular weight excluding hydrogens is 376 g/mol. The Labute approximate surface area is 168 Å². The van der Waals surface area contributed by atoms with E-state index in [1.807, 2.05) is 54.2 Å². The van der Waals surface area contributed by atoms with Gasteiger partial charge in [-0.1, -0.05) is 35.9 Å². The van der Waals surface area contributed by atoms with Gasteiger partial charge in [-0.25, -0.2) is 4.68 Å². The highest BCUT2D eigenvalue weighted by molar-refractivity contribution is 6.31. The molecule has 2 aromatic carbocycles. The second-order valence-corrected chi connectivity index (χ2v) is 7.40. The molecule has 28 heavy (non-hydrogen) atoms. The monoisotopic (exact) mass is 398 g/mol. The van der Waals surface area contributed by atoms with Gasteiger partial charge in [0, 0.05) is 51.5 Å². The van der Waals surface area contributed by atoms with Crippen LogP contribution in [0.25, 0.3) is 5.69 Å². The summed E-state index contributed by atoms with van der Waals surface area (Å²) >= 11 is 6.41. The zero-order chi connectivity index (χ0) is 19.7. The van der Waals surface area contributed by atoms with E-state index in [4.69, 9.17) is 11.6 Å². The Morgan fingerprint density at radius 2 is 1.64 bits per heavy atom. The van der Waals surface area contributed by atoms with Crippen molar-refractivity contribution in [2.45, 2.75) is 6.54 Å². The predicted molar refractivity (Wildman–Crippen MR) is 112 cm³/mol. The van der Waals surface area contributed by atoms with Crippen molar-refractivity contribution in [1.82, 2.24) is 14.3 Å². The number of para-hydroxylation sites is 1. The van der Waals surface area contributed by atoms with Gasteiger partial charge in [-0.05, 0) is 24.3 Å². The summed E-state index contributed by atoms with van der Waals surface area (Å²) in [5.41, 5.74) is 2.46. The van der Waals surface area contributed by atoms with Gasteiger partial charge < -0.3 is 10.0 Å². The van der Waals surface area contributed by atoms with E-state index in [0.717, 1.165) is 43.2 Å². The van der Waals surface area contributed by atoms with Gasteiger partial charge in [-0.15, -0.1) is 0 Å². The van der Waals surface area contributed by atoms with Gasteiger partial charge in [-0.2, -0.15) is 0 Å². The Balaban J connectivity index is 1.50. The number of rotatable bonds is 4. The van der Waals surface area contributed by atoms with Crippen LogP contribution in [0.1, 0.15) is 5.69 Å².